The predicted molar refractivity (Wildman–Crippen MR) is 119 cm³/mol. The van der Waals surface area contributed by atoms with Crippen molar-refractivity contribution in [2.24, 2.45) is 0 Å². The Morgan fingerprint density at radius 1 is 1.14 bits per heavy atom. The van der Waals surface area contributed by atoms with E-state index in [-0.39, 0.29) is 12.1 Å². The number of piperidine rings is 1. The van der Waals surface area contributed by atoms with Crippen LogP contribution in [-0.4, -0.2) is 11.4 Å². The van der Waals surface area contributed by atoms with Gasteiger partial charge in [0.05, 0.1) is 11.6 Å². The highest BCUT2D eigenvalue weighted by Gasteiger charge is 2.33. The number of allylic oxidation sites excluding steroid dienone is 1. The fourth-order valence-electron chi connectivity index (χ4n) is 3.53. The van der Waals surface area contributed by atoms with Crippen LogP contribution in [0.5, 0.6) is 0 Å². The van der Waals surface area contributed by atoms with Crippen LogP contribution in [-0.2, 0) is 6.18 Å². The van der Waals surface area contributed by atoms with Crippen molar-refractivity contribution in [3.8, 4) is 11.8 Å². The Bertz CT molecular complexity index is 904. The molecule has 0 unspecified atom stereocenters. The maximum atomic E-state index is 13.0. The molecule has 1 aliphatic rings. The molecule has 0 N–H and O–H groups in total. The van der Waals surface area contributed by atoms with Crippen molar-refractivity contribution in [3.63, 3.8) is 0 Å². The number of hydrogen-bond acceptors (Lipinski definition) is 1. The van der Waals surface area contributed by atoms with Crippen molar-refractivity contribution in [2.45, 2.75) is 38.0 Å². The van der Waals surface area contributed by atoms with Crippen LogP contribution in [0.3, 0.4) is 0 Å². The van der Waals surface area contributed by atoms with Crippen LogP contribution in [0.1, 0.15) is 48.5 Å². The van der Waals surface area contributed by atoms with E-state index in [0.29, 0.717) is 0 Å². The van der Waals surface area contributed by atoms with Gasteiger partial charge >= 0.3 is 6.18 Å². The summed E-state index contributed by atoms with van der Waals surface area (Å²) in [4.78, 5) is 2.29. The molecule has 151 valence electrons. The lowest BCUT2D eigenvalue weighted by molar-refractivity contribution is -0.137. The van der Waals surface area contributed by atoms with Crippen LogP contribution in [0.4, 0.5) is 13.2 Å². The molecule has 1 heterocycles. The minimum atomic E-state index is -4.33. The highest BCUT2D eigenvalue weighted by molar-refractivity contribution is 14.1. The zero-order chi connectivity index (χ0) is 21.0. The molecule has 29 heavy (non-hydrogen) atoms. The van der Waals surface area contributed by atoms with Gasteiger partial charge in [-0.2, -0.15) is 13.2 Å². The molecule has 0 aromatic heterocycles. The van der Waals surface area contributed by atoms with Gasteiger partial charge in [0.2, 0.25) is 0 Å². The van der Waals surface area contributed by atoms with Gasteiger partial charge in [-0.1, -0.05) is 42.7 Å². The van der Waals surface area contributed by atoms with Gasteiger partial charge in [0.25, 0.3) is 0 Å². The molecule has 0 amide bonds. The maximum Gasteiger partial charge on any atom is 0.416 e. The number of nitrogens with zero attached hydrogens (tertiary/aromatic N) is 1. The third kappa shape index (κ3) is 5.64. The Kier molecular flexibility index (Phi) is 7.07. The first-order chi connectivity index (χ1) is 13.8. The summed E-state index contributed by atoms with van der Waals surface area (Å²) < 4.78 is 40.0. The molecular formula is C24H22F3IN. The Balaban J connectivity index is 1.97. The molecule has 3 rings (SSSR count). The van der Waals surface area contributed by atoms with Gasteiger partial charge in [0.1, 0.15) is 0 Å². The predicted octanol–water partition coefficient (Wildman–Crippen LogP) is 6.97. The van der Waals surface area contributed by atoms with E-state index < -0.39 is 11.7 Å². The van der Waals surface area contributed by atoms with E-state index >= 15 is 0 Å². The molecule has 0 aliphatic carbocycles. The third-order valence-corrected chi connectivity index (χ3v) is 5.66. The standard InChI is InChI=1S/C24H22F3IN/c1-17(2)6-15-23(19-9-13-21(28)14-10-19)29-16-4-3-5-22(29)18-7-11-20(12-8-18)24(25,26)27/h3,7-14,22-23H,1,4-5,16H2,2H3/t22-,23+/m0/s1. The van der Waals surface area contributed by atoms with E-state index in [4.69, 9.17) is 0 Å². The second-order valence-electron chi connectivity index (χ2n) is 7.19. The first-order valence-electron chi connectivity index (χ1n) is 9.43. The summed E-state index contributed by atoms with van der Waals surface area (Å²) in [6.07, 6.45) is -0.419. The largest absolute Gasteiger partial charge is 0.416 e. The number of alkyl halides is 3. The van der Waals surface area contributed by atoms with E-state index in [0.717, 1.165) is 39.7 Å². The van der Waals surface area contributed by atoms with E-state index in [2.05, 4.69) is 76.6 Å². The highest BCUT2D eigenvalue weighted by Crippen LogP contribution is 2.38. The summed E-state index contributed by atoms with van der Waals surface area (Å²) in [7, 11) is 0. The summed E-state index contributed by atoms with van der Waals surface area (Å²) in [5.41, 5.74) is 2.12. The average Bonchev–Trinajstić information content (AvgIpc) is 2.69. The van der Waals surface area contributed by atoms with Crippen molar-refractivity contribution in [3.05, 3.63) is 87.4 Å². The van der Waals surface area contributed by atoms with E-state index in [9.17, 15) is 13.2 Å². The summed E-state index contributed by atoms with van der Waals surface area (Å²) in [5.74, 6) is 6.45. The molecule has 0 bridgehead atoms. The van der Waals surface area contributed by atoms with Crippen molar-refractivity contribution in [2.75, 3.05) is 6.54 Å². The number of hydrogen-bond donors (Lipinski definition) is 0. The lowest BCUT2D eigenvalue weighted by atomic mass is 9.91. The van der Waals surface area contributed by atoms with Crippen molar-refractivity contribution >= 4 is 22.6 Å². The summed E-state index contributed by atoms with van der Waals surface area (Å²) >= 11 is 2.27. The molecule has 2 atom stereocenters. The fourth-order valence-corrected chi connectivity index (χ4v) is 3.89. The second kappa shape index (κ2) is 9.36. The summed E-state index contributed by atoms with van der Waals surface area (Å²) in [5, 5.41) is 0. The topological polar surface area (TPSA) is 3.24 Å². The summed E-state index contributed by atoms with van der Waals surface area (Å²) in [6, 6.07) is 13.6. The lowest BCUT2D eigenvalue weighted by Crippen LogP contribution is -2.36. The maximum absolute atomic E-state index is 13.0. The molecule has 2 aromatic carbocycles. The van der Waals surface area contributed by atoms with E-state index in [1.165, 1.54) is 12.1 Å². The molecule has 1 aliphatic heterocycles. The minimum absolute atomic E-state index is 0.0188. The van der Waals surface area contributed by atoms with Crippen molar-refractivity contribution in [1.82, 2.24) is 4.90 Å². The molecule has 1 saturated heterocycles. The number of likely N-dealkylation sites (tertiary alicyclic amines) is 1. The molecule has 1 nitrogen and oxygen atoms in total. The molecule has 0 saturated carbocycles. The second-order valence-corrected chi connectivity index (χ2v) is 8.44. The molecule has 0 spiro atoms. The van der Waals surface area contributed by atoms with Crippen LogP contribution >= 0.6 is 22.6 Å². The highest BCUT2D eigenvalue weighted by atomic mass is 127. The Morgan fingerprint density at radius 2 is 1.79 bits per heavy atom. The van der Waals surface area contributed by atoms with Crippen LogP contribution in [0.15, 0.2) is 60.7 Å². The smallest absolute Gasteiger partial charge is 0.279 e. The molecular weight excluding hydrogens is 486 g/mol. The van der Waals surface area contributed by atoms with Gasteiger partial charge < -0.3 is 0 Å². The van der Waals surface area contributed by atoms with Crippen molar-refractivity contribution in [1.29, 1.82) is 0 Å². The average molecular weight is 508 g/mol. The van der Waals surface area contributed by atoms with Gasteiger partial charge in [-0.25, -0.2) is 0 Å². The minimum Gasteiger partial charge on any atom is -0.279 e. The van der Waals surface area contributed by atoms with Gasteiger partial charge in [-0.3, -0.25) is 4.90 Å². The monoisotopic (exact) mass is 508 g/mol. The molecule has 1 fully saturated rings. The molecule has 5 heteroatoms. The van der Waals surface area contributed by atoms with Gasteiger partial charge in [0.15, 0.2) is 0 Å². The van der Waals surface area contributed by atoms with E-state index in [1.54, 1.807) is 12.1 Å². The van der Waals surface area contributed by atoms with Crippen LogP contribution in [0.25, 0.3) is 0 Å². The van der Waals surface area contributed by atoms with Crippen molar-refractivity contribution < 1.29 is 13.2 Å². The normalized spacial score (nSPS) is 18.6. The number of rotatable bonds is 3. The van der Waals surface area contributed by atoms with Gasteiger partial charge in [-0.05, 0) is 89.7 Å². The molecule has 2 aromatic rings. The Hall–Kier alpha value is -1.78. The van der Waals surface area contributed by atoms with Crippen LogP contribution < -0.4 is 0 Å². The zero-order valence-electron chi connectivity index (χ0n) is 16.1. The third-order valence-electron chi connectivity index (χ3n) is 4.94. The quantitative estimate of drug-likeness (QED) is 0.320. The van der Waals surface area contributed by atoms with Gasteiger partial charge in [-0.15, -0.1) is 0 Å². The zero-order valence-corrected chi connectivity index (χ0v) is 18.3. The van der Waals surface area contributed by atoms with Crippen LogP contribution in [0, 0.1) is 21.8 Å². The van der Waals surface area contributed by atoms with Gasteiger partial charge in [0, 0.05) is 16.2 Å². The SMILES string of the molecule is C=C(C)C#C[C@H](c1ccc(I)cc1)N1CC[CH]C[C@H]1c1ccc(C(F)(F)F)cc1. The number of benzene rings is 2. The van der Waals surface area contributed by atoms with Crippen LogP contribution in [0.2, 0.25) is 0 Å². The van der Waals surface area contributed by atoms with E-state index in [1.807, 2.05) is 6.92 Å². The fraction of sp³-hybridized carbons (Fsp3) is 0.292. The summed E-state index contributed by atoms with van der Waals surface area (Å²) in [6.45, 7) is 6.55. The Morgan fingerprint density at radius 3 is 2.38 bits per heavy atom. The number of halogens is 4. The first kappa shape index (κ1) is 21.9. The lowest BCUT2D eigenvalue weighted by Gasteiger charge is -2.39. The Labute approximate surface area is 184 Å². The first-order valence-corrected chi connectivity index (χ1v) is 10.5. The molecule has 1 radical (unpaired) electrons.